The summed E-state index contributed by atoms with van der Waals surface area (Å²) in [5.41, 5.74) is 1.45. The highest BCUT2D eigenvalue weighted by molar-refractivity contribution is 6.00. The first kappa shape index (κ1) is 19.0. The molecular formula is C19H19F3N2O3. The van der Waals surface area contributed by atoms with Crippen LogP contribution in [0.5, 0.6) is 5.75 Å². The third-order valence-corrected chi connectivity index (χ3v) is 4.44. The monoisotopic (exact) mass is 380 g/mol. The van der Waals surface area contributed by atoms with Gasteiger partial charge in [-0.25, -0.2) is 4.79 Å². The van der Waals surface area contributed by atoms with Gasteiger partial charge in [0.2, 0.25) is 0 Å². The summed E-state index contributed by atoms with van der Waals surface area (Å²) < 4.78 is 43.8. The zero-order valence-electron chi connectivity index (χ0n) is 14.6. The van der Waals surface area contributed by atoms with Gasteiger partial charge in [-0.05, 0) is 42.2 Å². The second-order valence-electron chi connectivity index (χ2n) is 6.37. The lowest BCUT2D eigenvalue weighted by atomic mass is 9.88. The summed E-state index contributed by atoms with van der Waals surface area (Å²) in [7, 11) is 1.25. The lowest BCUT2D eigenvalue weighted by Gasteiger charge is -2.23. The molecule has 0 spiro atoms. The van der Waals surface area contributed by atoms with Gasteiger partial charge in [0, 0.05) is 23.9 Å². The number of hydrogen-bond acceptors (Lipinski definition) is 3. The van der Waals surface area contributed by atoms with Gasteiger partial charge in [-0.2, -0.15) is 13.2 Å². The van der Waals surface area contributed by atoms with E-state index in [4.69, 9.17) is 4.74 Å². The number of alkyl halides is 3. The number of nitrogens with one attached hydrogen (secondary N) is 2. The fraction of sp³-hybridized carbons (Fsp3) is 0.316. The van der Waals surface area contributed by atoms with Crippen LogP contribution in [0, 0.1) is 0 Å². The van der Waals surface area contributed by atoms with Gasteiger partial charge in [-0.1, -0.05) is 12.1 Å². The van der Waals surface area contributed by atoms with E-state index in [0.29, 0.717) is 24.9 Å². The van der Waals surface area contributed by atoms with E-state index in [2.05, 4.69) is 10.6 Å². The zero-order chi connectivity index (χ0) is 19.6. The van der Waals surface area contributed by atoms with Gasteiger partial charge < -0.3 is 20.5 Å². The van der Waals surface area contributed by atoms with Gasteiger partial charge in [-0.3, -0.25) is 0 Å². The number of urea groups is 1. The maximum atomic E-state index is 13.0. The minimum absolute atomic E-state index is 0.0136. The summed E-state index contributed by atoms with van der Waals surface area (Å²) in [4.78, 5) is 12.3. The maximum absolute atomic E-state index is 13.0. The molecule has 1 unspecified atom stereocenters. The van der Waals surface area contributed by atoms with Crippen LogP contribution in [0.3, 0.4) is 0 Å². The second kappa shape index (κ2) is 7.48. The van der Waals surface area contributed by atoms with E-state index >= 15 is 0 Å². The van der Waals surface area contributed by atoms with Crippen LogP contribution in [0.2, 0.25) is 0 Å². The van der Waals surface area contributed by atoms with Crippen molar-refractivity contribution in [3.05, 3.63) is 53.1 Å². The summed E-state index contributed by atoms with van der Waals surface area (Å²) in [6, 6.07) is 7.75. The van der Waals surface area contributed by atoms with Crippen LogP contribution in [0.15, 0.2) is 36.4 Å². The quantitative estimate of drug-likeness (QED) is 0.747. The molecule has 0 saturated heterocycles. The summed E-state index contributed by atoms with van der Waals surface area (Å²) >= 11 is 0. The van der Waals surface area contributed by atoms with Crippen molar-refractivity contribution < 1.29 is 27.8 Å². The standard InChI is InChI=1S/C19H19F3N2O3/c1-27-15-8-12(19(20,21)22)7-13(9-15)23-18(26)24-17-4-2-3-11-5-6-14(25)10-16(11)17/h2-4,7-9,14,25H,5-6,10H2,1H3,(H2,23,24,26). The zero-order valence-corrected chi connectivity index (χ0v) is 14.6. The van der Waals surface area contributed by atoms with Gasteiger partial charge in [0.05, 0.1) is 18.8 Å². The smallest absolute Gasteiger partial charge is 0.416 e. The summed E-state index contributed by atoms with van der Waals surface area (Å²) in [6.07, 6.45) is -3.25. The van der Waals surface area contributed by atoms with E-state index in [1.807, 2.05) is 6.07 Å². The van der Waals surface area contributed by atoms with Crippen LogP contribution in [0.1, 0.15) is 23.1 Å². The number of rotatable bonds is 3. The average molecular weight is 380 g/mol. The SMILES string of the molecule is COc1cc(NC(=O)Nc2cccc3c2CC(O)CC3)cc(C(F)(F)F)c1. The minimum Gasteiger partial charge on any atom is -0.497 e. The molecule has 2 amide bonds. The number of benzene rings is 2. The van der Waals surface area contributed by atoms with Crippen LogP contribution in [-0.4, -0.2) is 24.4 Å². The van der Waals surface area contributed by atoms with Gasteiger partial charge >= 0.3 is 12.2 Å². The number of aliphatic hydroxyl groups is 1. The van der Waals surface area contributed by atoms with Gasteiger partial charge in [0.1, 0.15) is 5.75 Å². The number of amides is 2. The first-order valence-corrected chi connectivity index (χ1v) is 8.39. The molecule has 2 aromatic carbocycles. The lowest BCUT2D eigenvalue weighted by molar-refractivity contribution is -0.137. The third kappa shape index (κ3) is 4.51. The largest absolute Gasteiger partial charge is 0.497 e. The lowest BCUT2D eigenvalue weighted by Crippen LogP contribution is -2.24. The number of halogens is 3. The summed E-state index contributed by atoms with van der Waals surface area (Å²) in [6.45, 7) is 0. The van der Waals surface area contributed by atoms with Gasteiger partial charge in [0.25, 0.3) is 0 Å². The molecule has 27 heavy (non-hydrogen) atoms. The van der Waals surface area contributed by atoms with Crippen molar-refractivity contribution in [2.24, 2.45) is 0 Å². The Morgan fingerprint density at radius 2 is 2.00 bits per heavy atom. The topological polar surface area (TPSA) is 70.6 Å². The number of aryl methyl sites for hydroxylation is 1. The Morgan fingerprint density at radius 1 is 1.22 bits per heavy atom. The number of methoxy groups -OCH3 is 1. The predicted octanol–water partition coefficient (Wildman–Crippen LogP) is 4.21. The highest BCUT2D eigenvalue weighted by atomic mass is 19.4. The van der Waals surface area contributed by atoms with Crippen LogP contribution in [0.4, 0.5) is 29.3 Å². The third-order valence-electron chi connectivity index (χ3n) is 4.44. The molecule has 2 aromatic rings. The van der Waals surface area contributed by atoms with E-state index in [-0.39, 0.29) is 11.4 Å². The number of ether oxygens (including phenoxy) is 1. The molecule has 0 aliphatic heterocycles. The molecule has 0 saturated carbocycles. The fourth-order valence-corrected chi connectivity index (χ4v) is 3.12. The Bertz CT molecular complexity index is 853. The van der Waals surface area contributed by atoms with Crippen LogP contribution in [-0.2, 0) is 19.0 Å². The van der Waals surface area contributed by atoms with Crippen molar-refractivity contribution in [3.63, 3.8) is 0 Å². The molecule has 0 heterocycles. The molecule has 1 aliphatic carbocycles. The molecule has 3 N–H and O–H groups in total. The normalized spacial score (nSPS) is 16.4. The van der Waals surface area contributed by atoms with Crippen LogP contribution >= 0.6 is 0 Å². The number of aliphatic hydroxyl groups excluding tert-OH is 1. The first-order chi connectivity index (χ1) is 12.8. The molecule has 3 rings (SSSR count). The van der Waals surface area contributed by atoms with Crippen LogP contribution < -0.4 is 15.4 Å². The fourth-order valence-electron chi connectivity index (χ4n) is 3.12. The maximum Gasteiger partial charge on any atom is 0.416 e. The van der Waals surface area contributed by atoms with E-state index in [1.54, 1.807) is 12.1 Å². The van der Waals surface area contributed by atoms with E-state index in [1.165, 1.54) is 13.2 Å². The number of anilines is 2. The molecule has 0 bridgehead atoms. The van der Waals surface area contributed by atoms with Crippen molar-refractivity contribution in [2.75, 3.05) is 17.7 Å². The van der Waals surface area contributed by atoms with Crippen molar-refractivity contribution in [2.45, 2.75) is 31.5 Å². The van der Waals surface area contributed by atoms with Crippen molar-refractivity contribution >= 4 is 17.4 Å². The molecule has 1 aliphatic rings. The number of carbonyl (C=O) groups is 1. The van der Waals surface area contributed by atoms with Gasteiger partial charge in [-0.15, -0.1) is 0 Å². The molecule has 0 radical (unpaired) electrons. The number of fused-ring (bicyclic) bond motifs is 1. The van der Waals surface area contributed by atoms with Gasteiger partial charge in [0.15, 0.2) is 0 Å². The minimum atomic E-state index is -4.56. The molecule has 5 nitrogen and oxygen atoms in total. The highest BCUT2D eigenvalue weighted by Gasteiger charge is 2.31. The van der Waals surface area contributed by atoms with Crippen molar-refractivity contribution in [1.29, 1.82) is 0 Å². The Hall–Kier alpha value is -2.74. The summed E-state index contributed by atoms with van der Waals surface area (Å²) in [5.74, 6) is -0.0136. The molecule has 0 aromatic heterocycles. The number of hydrogen-bond donors (Lipinski definition) is 3. The Kier molecular flexibility index (Phi) is 5.27. The van der Waals surface area contributed by atoms with Crippen LogP contribution in [0.25, 0.3) is 0 Å². The average Bonchev–Trinajstić information content (AvgIpc) is 2.61. The van der Waals surface area contributed by atoms with Crippen molar-refractivity contribution in [3.8, 4) is 5.75 Å². The molecule has 0 fully saturated rings. The molecular weight excluding hydrogens is 361 g/mol. The highest BCUT2D eigenvalue weighted by Crippen LogP contribution is 2.34. The Labute approximate surface area is 154 Å². The van der Waals surface area contributed by atoms with E-state index in [0.717, 1.165) is 23.3 Å². The molecule has 8 heteroatoms. The molecule has 144 valence electrons. The second-order valence-corrected chi connectivity index (χ2v) is 6.37. The Morgan fingerprint density at radius 3 is 2.70 bits per heavy atom. The first-order valence-electron chi connectivity index (χ1n) is 8.39. The predicted molar refractivity (Wildman–Crippen MR) is 95.1 cm³/mol. The van der Waals surface area contributed by atoms with E-state index < -0.39 is 23.9 Å². The summed E-state index contributed by atoms with van der Waals surface area (Å²) in [5, 5.41) is 14.9. The Balaban J connectivity index is 1.79. The van der Waals surface area contributed by atoms with E-state index in [9.17, 15) is 23.1 Å². The van der Waals surface area contributed by atoms with Crippen molar-refractivity contribution in [1.82, 2.24) is 0 Å². The number of carbonyl (C=O) groups excluding carboxylic acids is 1. The molecule has 1 atom stereocenters.